The molecule has 5 atom stereocenters. The van der Waals surface area contributed by atoms with E-state index in [0.29, 0.717) is 24.7 Å². The summed E-state index contributed by atoms with van der Waals surface area (Å²) in [6.45, 7) is 5.72. The molecule has 3 amide bonds. The zero-order chi connectivity index (χ0) is 32.4. The molecule has 1 saturated heterocycles. The summed E-state index contributed by atoms with van der Waals surface area (Å²) < 4.78 is 22.7. The molecule has 2 aliphatic heterocycles. The van der Waals surface area contributed by atoms with Crippen LogP contribution in [-0.2, 0) is 23.9 Å². The summed E-state index contributed by atoms with van der Waals surface area (Å²) in [7, 11) is 1.58. The van der Waals surface area contributed by atoms with E-state index in [1.165, 1.54) is 4.90 Å². The summed E-state index contributed by atoms with van der Waals surface area (Å²) in [6.07, 6.45) is 4.64. The van der Waals surface area contributed by atoms with Crippen LogP contribution in [0.4, 0.5) is 4.79 Å². The second-order valence-electron chi connectivity index (χ2n) is 12.6. The number of amides is 3. The van der Waals surface area contributed by atoms with Gasteiger partial charge in [-0.05, 0) is 69.7 Å². The van der Waals surface area contributed by atoms with Gasteiger partial charge in [0.05, 0.1) is 20.3 Å². The number of nitrogens with one attached hydrogen (secondary N) is 2. The van der Waals surface area contributed by atoms with E-state index in [-0.39, 0.29) is 32.4 Å². The van der Waals surface area contributed by atoms with Crippen LogP contribution in [-0.4, -0.2) is 95.1 Å². The summed E-state index contributed by atoms with van der Waals surface area (Å²) >= 11 is 0. The predicted octanol–water partition coefficient (Wildman–Crippen LogP) is 2.81. The normalized spacial score (nSPS) is 27.3. The van der Waals surface area contributed by atoms with E-state index < -0.39 is 59.1 Å². The van der Waals surface area contributed by atoms with Crippen molar-refractivity contribution in [1.82, 2.24) is 20.5 Å². The molecule has 1 aromatic carbocycles. The highest BCUT2D eigenvalue weighted by Crippen LogP contribution is 2.45. The summed E-state index contributed by atoms with van der Waals surface area (Å²) in [5.74, 6) is -1.69. The first-order valence-electron chi connectivity index (χ1n) is 15.1. The average Bonchev–Trinajstić information content (AvgIpc) is 3.51. The molecule has 13 nitrogen and oxygen atoms in total. The number of alkyl carbamates (subject to hydrolysis) is 1. The van der Waals surface area contributed by atoms with Gasteiger partial charge >= 0.3 is 12.1 Å². The molecule has 3 aliphatic rings. The minimum absolute atomic E-state index is 0.0115. The summed E-state index contributed by atoms with van der Waals surface area (Å²) in [4.78, 5) is 58.8. The van der Waals surface area contributed by atoms with Crippen LogP contribution >= 0.6 is 0 Å². The lowest BCUT2D eigenvalue weighted by atomic mass is 10.1. The van der Waals surface area contributed by atoms with Gasteiger partial charge in [-0.25, -0.2) is 14.6 Å². The minimum atomic E-state index is -1.48. The average molecular weight is 625 g/mol. The van der Waals surface area contributed by atoms with Gasteiger partial charge in [0.15, 0.2) is 0 Å². The Hall–Kier alpha value is -4.39. The highest BCUT2D eigenvalue weighted by atomic mass is 16.6. The first kappa shape index (κ1) is 32.0. The Bertz CT molecular complexity index is 1490. The summed E-state index contributed by atoms with van der Waals surface area (Å²) in [5, 5.41) is 17.0. The van der Waals surface area contributed by atoms with Crippen LogP contribution in [0.25, 0.3) is 10.8 Å². The van der Waals surface area contributed by atoms with Crippen molar-refractivity contribution < 1.29 is 43.2 Å². The molecule has 0 spiro atoms. The number of nitrogens with zero attached hydrogens (tertiary/aromatic N) is 2. The van der Waals surface area contributed by atoms with Crippen molar-refractivity contribution in [2.75, 3.05) is 26.9 Å². The molecule has 1 saturated carbocycles. The second-order valence-corrected chi connectivity index (χ2v) is 12.6. The van der Waals surface area contributed by atoms with Crippen molar-refractivity contribution in [2.45, 2.75) is 75.8 Å². The summed E-state index contributed by atoms with van der Waals surface area (Å²) in [6, 6.07) is 5.20. The zero-order valence-electron chi connectivity index (χ0n) is 25.9. The fraction of sp³-hybridized carbons (Fsp3) is 0.531. The number of pyridine rings is 1. The van der Waals surface area contributed by atoms with Gasteiger partial charge in [-0.3, -0.25) is 9.59 Å². The number of aliphatic carboxylic acids is 1. The van der Waals surface area contributed by atoms with E-state index in [1.807, 2.05) is 18.2 Å². The molecule has 242 valence electrons. The van der Waals surface area contributed by atoms with Gasteiger partial charge < -0.3 is 39.6 Å². The molecular formula is C32H40N4O9. The van der Waals surface area contributed by atoms with Gasteiger partial charge in [-0.1, -0.05) is 12.2 Å². The van der Waals surface area contributed by atoms with Crippen molar-refractivity contribution >= 4 is 34.6 Å². The number of hydrogen-bond acceptors (Lipinski definition) is 9. The van der Waals surface area contributed by atoms with E-state index in [2.05, 4.69) is 15.6 Å². The number of methoxy groups -OCH3 is 1. The number of ether oxygens (including phenoxy) is 4. The molecule has 0 radical (unpaired) electrons. The number of hydrogen-bond donors (Lipinski definition) is 3. The van der Waals surface area contributed by atoms with E-state index in [1.54, 1.807) is 52.3 Å². The maximum absolute atomic E-state index is 14.1. The SMILES string of the molecule is COc1ccc2c(O[C@@H]3C[C@H]4C(=O)N[C@]5(C(=O)O)C[C@H]5C=CCOCCC[C@H](NC(=O)OC(C)(C)C)C(=O)N4C3)nccc2c1. The smallest absolute Gasteiger partial charge is 0.408 e. The molecule has 3 heterocycles. The number of carbonyl (C=O) groups excluding carboxylic acids is 3. The van der Waals surface area contributed by atoms with Gasteiger partial charge in [0.2, 0.25) is 17.7 Å². The largest absolute Gasteiger partial charge is 0.497 e. The highest BCUT2D eigenvalue weighted by Gasteiger charge is 2.61. The molecular weight excluding hydrogens is 584 g/mol. The molecule has 2 aromatic rings. The topological polar surface area (TPSA) is 166 Å². The van der Waals surface area contributed by atoms with Crippen LogP contribution in [0.15, 0.2) is 42.6 Å². The Labute approximate surface area is 261 Å². The fourth-order valence-corrected chi connectivity index (χ4v) is 5.82. The Kier molecular flexibility index (Phi) is 9.19. The van der Waals surface area contributed by atoms with Gasteiger partial charge in [0.25, 0.3) is 0 Å². The van der Waals surface area contributed by atoms with Gasteiger partial charge in [0, 0.05) is 30.5 Å². The van der Waals surface area contributed by atoms with Crippen molar-refractivity contribution in [3.05, 3.63) is 42.6 Å². The Balaban J connectivity index is 1.44. The molecule has 3 N–H and O–H groups in total. The predicted molar refractivity (Wildman–Crippen MR) is 162 cm³/mol. The maximum Gasteiger partial charge on any atom is 0.408 e. The first-order valence-corrected chi connectivity index (χ1v) is 15.1. The van der Waals surface area contributed by atoms with Gasteiger partial charge in [-0.2, -0.15) is 0 Å². The Morgan fingerprint density at radius 3 is 2.76 bits per heavy atom. The van der Waals surface area contributed by atoms with E-state index in [4.69, 9.17) is 18.9 Å². The van der Waals surface area contributed by atoms with Gasteiger partial charge in [-0.15, -0.1) is 0 Å². The maximum atomic E-state index is 14.1. The van der Waals surface area contributed by atoms with Crippen LogP contribution in [0.3, 0.4) is 0 Å². The van der Waals surface area contributed by atoms with Gasteiger partial charge in [0.1, 0.15) is 35.1 Å². The third-order valence-electron chi connectivity index (χ3n) is 8.16. The molecule has 0 unspecified atom stereocenters. The quantitative estimate of drug-likeness (QED) is 0.421. The van der Waals surface area contributed by atoms with E-state index in [9.17, 15) is 24.3 Å². The lowest BCUT2D eigenvalue weighted by Gasteiger charge is -2.30. The lowest BCUT2D eigenvalue weighted by molar-refractivity contribution is -0.145. The van der Waals surface area contributed by atoms with Crippen molar-refractivity contribution in [3.8, 4) is 11.6 Å². The van der Waals surface area contributed by atoms with Crippen molar-refractivity contribution in [1.29, 1.82) is 0 Å². The van der Waals surface area contributed by atoms with Crippen LogP contribution in [0.2, 0.25) is 0 Å². The number of benzene rings is 1. The van der Waals surface area contributed by atoms with Crippen LogP contribution < -0.4 is 20.1 Å². The number of carbonyl (C=O) groups is 4. The van der Waals surface area contributed by atoms with Crippen LogP contribution in [0.5, 0.6) is 11.6 Å². The monoisotopic (exact) mass is 624 g/mol. The standard InChI is InChI=1S/C32H40N4O9/c1-31(2,3)45-30(41)34-24-8-6-14-43-13-5-7-20-17-32(20,29(39)40)35-26(37)25-16-22(18-36(25)28(24)38)44-27-23-10-9-21(42-4)15-19(23)11-12-33-27/h5,7,9-12,15,20,22,24-25H,6,8,13-14,16-18H2,1-4H3,(H,34,41)(H,35,37)(H,39,40)/t20-,22-,24+,25+,32-/m1/s1. The third-order valence-corrected chi connectivity index (χ3v) is 8.16. The molecule has 1 aromatic heterocycles. The number of aromatic nitrogens is 1. The van der Waals surface area contributed by atoms with Crippen molar-refractivity contribution in [3.63, 3.8) is 0 Å². The molecule has 2 fully saturated rings. The Morgan fingerprint density at radius 1 is 1.22 bits per heavy atom. The fourth-order valence-electron chi connectivity index (χ4n) is 5.82. The van der Waals surface area contributed by atoms with E-state index >= 15 is 0 Å². The number of carboxylic acid groups (broad SMARTS) is 1. The number of carboxylic acids is 1. The minimum Gasteiger partial charge on any atom is -0.497 e. The number of fused-ring (bicyclic) bond motifs is 3. The molecule has 0 bridgehead atoms. The molecule has 13 heteroatoms. The zero-order valence-corrected chi connectivity index (χ0v) is 25.9. The van der Waals surface area contributed by atoms with Crippen LogP contribution in [0.1, 0.15) is 46.5 Å². The van der Waals surface area contributed by atoms with Crippen molar-refractivity contribution in [2.24, 2.45) is 5.92 Å². The first-order chi connectivity index (χ1) is 21.4. The molecule has 45 heavy (non-hydrogen) atoms. The lowest BCUT2D eigenvalue weighted by Crippen LogP contribution is -2.56. The molecule has 1 aliphatic carbocycles. The second kappa shape index (κ2) is 12.9. The molecule has 5 rings (SSSR count). The third kappa shape index (κ3) is 7.30. The van der Waals surface area contributed by atoms with E-state index in [0.717, 1.165) is 10.8 Å². The number of rotatable bonds is 5. The summed E-state index contributed by atoms with van der Waals surface area (Å²) in [5.41, 5.74) is -2.27. The van der Waals surface area contributed by atoms with Crippen LogP contribution in [0, 0.1) is 5.92 Å². The Morgan fingerprint density at radius 2 is 2.02 bits per heavy atom. The highest BCUT2D eigenvalue weighted by molar-refractivity contribution is 5.96.